The number of hydrogen-bond donors (Lipinski definition) is 2. The van der Waals surface area contributed by atoms with Gasteiger partial charge in [0.15, 0.2) is 5.16 Å². The van der Waals surface area contributed by atoms with Gasteiger partial charge in [0, 0.05) is 12.2 Å². The largest absolute Gasteiger partial charge is 0.351 e. The molecule has 0 aliphatic heterocycles. The molecule has 0 aliphatic carbocycles. The van der Waals surface area contributed by atoms with Crippen LogP contribution >= 0.6 is 11.8 Å². The Bertz CT molecular complexity index is 540. The lowest BCUT2D eigenvalue weighted by Gasteiger charge is -2.19. The average molecular weight is 326 g/mol. The third-order valence-electron chi connectivity index (χ3n) is 3.50. The van der Waals surface area contributed by atoms with Crippen LogP contribution in [0.3, 0.4) is 0 Å². The Labute approximate surface area is 136 Å². The van der Waals surface area contributed by atoms with Crippen LogP contribution in [-0.2, 0) is 11.3 Å². The van der Waals surface area contributed by atoms with Crippen LogP contribution < -0.4 is 11.1 Å². The second-order valence-electron chi connectivity index (χ2n) is 5.71. The van der Waals surface area contributed by atoms with Gasteiger partial charge in [-0.2, -0.15) is 0 Å². The maximum atomic E-state index is 12.1. The monoisotopic (exact) mass is 326 g/mol. The van der Waals surface area contributed by atoms with Gasteiger partial charge in [-0.15, -0.1) is 0 Å². The third kappa shape index (κ3) is 4.76. The van der Waals surface area contributed by atoms with Crippen molar-refractivity contribution >= 4 is 23.7 Å². The number of urea groups is 1. The smallest absolute Gasteiger partial charge is 0.318 e. The van der Waals surface area contributed by atoms with Crippen LogP contribution in [0.1, 0.15) is 45.0 Å². The highest BCUT2D eigenvalue weighted by Crippen LogP contribution is 2.29. The average Bonchev–Trinajstić information content (AvgIpc) is 2.67. The number of carbonyl (C=O) groups is 2. The van der Waals surface area contributed by atoms with E-state index < -0.39 is 11.3 Å². The number of nitrogens with two attached hydrogens (primary N) is 1. The number of aryl methyl sites for hydroxylation is 1. The third-order valence-corrected chi connectivity index (χ3v) is 5.04. The Morgan fingerprint density at radius 3 is 2.50 bits per heavy atom. The highest BCUT2D eigenvalue weighted by Gasteiger charge is 2.27. The summed E-state index contributed by atoms with van der Waals surface area (Å²) in [6.07, 6.45) is 2.15. The fourth-order valence-electron chi connectivity index (χ4n) is 2.09. The Morgan fingerprint density at radius 2 is 2.00 bits per heavy atom. The van der Waals surface area contributed by atoms with Crippen molar-refractivity contribution in [1.82, 2.24) is 14.9 Å². The van der Waals surface area contributed by atoms with Gasteiger partial charge in [-0.1, -0.05) is 39.0 Å². The molecule has 0 spiro atoms. The summed E-state index contributed by atoms with van der Waals surface area (Å²) in [6, 6.07) is -0.821. The van der Waals surface area contributed by atoms with Crippen molar-refractivity contribution in [3.8, 4) is 0 Å². The number of carbonyl (C=O) groups excluding carboxylic acids is 2. The van der Waals surface area contributed by atoms with E-state index >= 15 is 0 Å². The van der Waals surface area contributed by atoms with Gasteiger partial charge in [-0.05, 0) is 26.2 Å². The number of primary amides is 1. The van der Waals surface area contributed by atoms with Crippen LogP contribution in [0.2, 0.25) is 0 Å². The molecule has 0 aliphatic rings. The van der Waals surface area contributed by atoms with E-state index in [9.17, 15) is 9.59 Å². The van der Waals surface area contributed by atoms with Crippen molar-refractivity contribution < 1.29 is 9.59 Å². The molecule has 22 heavy (non-hydrogen) atoms. The molecule has 1 heterocycles. The summed E-state index contributed by atoms with van der Waals surface area (Å²) >= 11 is 1.39. The molecule has 0 aromatic carbocycles. The first-order valence-electron chi connectivity index (χ1n) is 7.58. The standard InChI is InChI=1S/C15H26N4O2S/c1-6-7-8-19-11(5)10(4)17-15(19)22-12(9(2)3)13(20)18-14(16)21/h9,12H,6-8H2,1-5H3,(H3,16,18,20,21)/t12-/m1/s1. The molecule has 0 saturated heterocycles. The SMILES string of the molecule is CCCCn1c(S[C@@H](C(=O)NC(N)=O)C(C)C)nc(C)c1C. The molecule has 6 nitrogen and oxygen atoms in total. The molecule has 0 fully saturated rings. The van der Waals surface area contributed by atoms with Crippen LogP contribution in [0.5, 0.6) is 0 Å². The number of thioether (sulfide) groups is 1. The van der Waals surface area contributed by atoms with Crippen molar-refractivity contribution in [3.63, 3.8) is 0 Å². The molecule has 0 saturated carbocycles. The molecule has 3 N–H and O–H groups in total. The van der Waals surface area contributed by atoms with E-state index in [2.05, 4.69) is 21.8 Å². The van der Waals surface area contributed by atoms with Crippen LogP contribution in [-0.4, -0.2) is 26.7 Å². The van der Waals surface area contributed by atoms with Gasteiger partial charge in [0.25, 0.3) is 0 Å². The number of nitrogens with zero attached hydrogens (tertiary/aromatic N) is 2. The summed E-state index contributed by atoms with van der Waals surface area (Å²) in [5.74, 6) is -0.311. The molecule has 0 unspecified atom stereocenters. The van der Waals surface area contributed by atoms with Crippen molar-refractivity contribution in [2.24, 2.45) is 11.7 Å². The number of amides is 3. The lowest BCUT2D eigenvalue weighted by atomic mass is 10.1. The van der Waals surface area contributed by atoms with E-state index in [0.29, 0.717) is 0 Å². The first kappa shape index (κ1) is 18.5. The van der Waals surface area contributed by atoms with Crippen molar-refractivity contribution in [2.75, 3.05) is 0 Å². The van der Waals surface area contributed by atoms with Crippen molar-refractivity contribution in [2.45, 2.75) is 64.4 Å². The normalized spacial score (nSPS) is 12.5. The van der Waals surface area contributed by atoms with E-state index in [1.807, 2.05) is 27.7 Å². The van der Waals surface area contributed by atoms with Crippen molar-refractivity contribution in [1.29, 1.82) is 0 Å². The van der Waals surface area contributed by atoms with Gasteiger partial charge in [-0.25, -0.2) is 9.78 Å². The van der Waals surface area contributed by atoms with Gasteiger partial charge in [0.05, 0.1) is 10.9 Å². The minimum atomic E-state index is -0.821. The highest BCUT2D eigenvalue weighted by molar-refractivity contribution is 8.00. The quantitative estimate of drug-likeness (QED) is 0.754. The first-order valence-corrected chi connectivity index (χ1v) is 8.46. The topological polar surface area (TPSA) is 90.0 Å². The molecule has 1 atom stereocenters. The van der Waals surface area contributed by atoms with E-state index in [0.717, 1.165) is 35.9 Å². The lowest BCUT2D eigenvalue weighted by molar-refractivity contribution is -0.120. The Kier molecular flexibility index (Phi) is 6.93. The molecule has 1 aromatic rings. The van der Waals surface area contributed by atoms with Crippen LogP contribution in [0.25, 0.3) is 0 Å². The first-order chi connectivity index (χ1) is 10.3. The number of unbranched alkanes of at least 4 members (excludes halogenated alkanes) is 1. The molecule has 7 heteroatoms. The predicted molar refractivity (Wildman–Crippen MR) is 88.8 cm³/mol. The summed E-state index contributed by atoms with van der Waals surface area (Å²) in [5, 5.41) is 2.58. The van der Waals surface area contributed by atoms with Gasteiger partial charge >= 0.3 is 6.03 Å². The molecule has 1 rings (SSSR count). The number of imide groups is 1. The molecule has 1 aromatic heterocycles. The minimum absolute atomic E-state index is 0.0567. The fraction of sp³-hybridized carbons (Fsp3) is 0.667. The zero-order valence-electron chi connectivity index (χ0n) is 14.0. The molecule has 3 amide bonds. The maximum Gasteiger partial charge on any atom is 0.318 e. The van der Waals surface area contributed by atoms with Gasteiger partial charge < -0.3 is 10.3 Å². The van der Waals surface area contributed by atoms with Crippen LogP contribution in [0.15, 0.2) is 5.16 Å². The fourth-order valence-corrected chi connectivity index (χ4v) is 3.30. The summed E-state index contributed by atoms with van der Waals surface area (Å²) in [6.45, 7) is 10.9. The summed E-state index contributed by atoms with van der Waals surface area (Å²) in [4.78, 5) is 27.6. The van der Waals surface area contributed by atoms with Crippen LogP contribution in [0, 0.1) is 19.8 Å². The molecular weight excluding hydrogens is 300 g/mol. The second-order valence-corrected chi connectivity index (χ2v) is 6.82. The van der Waals surface area contributed by atoms with Crippen molar-refractivity contribution in [3.05, 3.63) is 11.4 Å². The van der Waals surface area contributed by atoms with E-state index in [4.69, 9.17) is 5.73 Å². The van der Waals surface area contributed by atoms with Gasteiger partial charge in [0.1, 0.15) is 0 Å². The molecule has 0 bridgehead atoms. The number of nitrogens with one attached hydrogen (secondary N) is 1. The highest BCUT2D eigenvalue weighted by atomic mass is 32.2. The lowest BCUT2D eigenvalue weighted by Crippen LogP contribution is -2.42. The van der Waals surface area contributed by atoms with E-state index in [1.54, 1.807) is 0 Å². The zero-order valence-corrected chi connectivity index (χ0v) is 14.8. The summed E-state index contributed by atoms with van der Waals surface area (Å²) < 4.78 is 2.15. The second kappa shape index (κ2) is 8.22. The van der Waals surface area contributed by atoms with Crippen LogP contribution in [0.4, 0.5) is 4.79 Å². The molecule has 124 valence electrons. The molecular formula is C15H26N4O2S. The van der Waals surface area contributed by atoms with E-state index in [1.165, 1.54) is 11.8 Å². The summed E-state index contributed by atoms with van der Waals surface area (Å²) in [7, 11) is 0. The van der Waals surface area contributed by atoms with Gasteiger partial charge in [-0.3, -0.25) is 10.1 Å². The maximum absolute atomic E-state index is 12.1. The summed E-state index contributed by atoms with van der Waals surface area (Å²) in [5.41, 5.74) is 7.14. The molecule has 0 radical (unpaired) electrons. The van der Waals surface area contributed by atoms with Gasteiger partial charge in [0.2, 0.25) is 5.91 Å². The Balaban J connectivity index is 3.00. The number of aromatic nitrogens is 2. The zero-order chi connectivity index (χ0) is 16.9. The Morgan fingerprint density at radius 1 is 1.36 bits per heavy atom. The van der Waals surface area contributed by atoms with E-state index in [-0.39, 0.29) is 11.8 Å². The number of rotatable bonds is 7. The predicted octanol–water partition coefficient (Wildman–Crippen LogP) is 2.61. The number of hydrogen-bond acceptors (Lipinski definition) is 4. The number of imidazole rings is 1. The Hall–Kier alpha value is -1.50. The minimum Gasteiger partial charge on any atom is -0.351 e.